The van der Waals surface area contributed by atoms with Crippen LogP contribution in [0, 0.1) is 13.8 Å². The zero-order valence-corrected chi connectivity index (χ0v) is 11.4. The molecule has 0 unspecified atom stereocenters. The minimum Gasteiger partial charge on any atom is -0.358 e. The third kappa shape index (κ3) is 3.96. The van der Waals surface area contributed by atoms with Gasteiger partial charge in [-0.1, -0.05) is 23.8 Å². The predicted molar refractivity (Wildman–Crippen MR) is 71.8 cm³/mol. The Labute approximate surface area is 108 Å². The number of amides is 1. The second-order valence-corrected chi connectivity index (χ2v) is 4.59. The maximum absolute atomic E-state index is 12.1. The predicted octanol–water partition coefficient (Wildman–Crippen LogP) is 1.16. The summed E-state index contributed by atoms with van der Waals surface area (Å²) in [6.07, 6.45) is 0. The van der Waals surface area contributed by atoms with E-state index in [1.807, 2.05) is 32.0 Å². The van der Waals surface area contributed by atoms with Crippen LogP contribution >= 0.6 is 0 Å². The fourth-order valence-corrected chi connectivity index (χ4v) is 1.84. The summed E-state index contributed by atoms with van der Waals surface area (Å²) in [6.45, 7) is 4.41. The van der Waals surface area contributed by atoms with Crippen molar-refractivity contribution in [2.45, 2.75) is 13.8 Å². The molecule has 4 heteroatoms. The summed E-state index contributed by atoms with van der Waals surface area (Å²) in [4.78, 5) is 25.0. The van der Waals surface area contributed by atoms with E-state index < -0.39 is 0 Å². The first-order valence-corrected chi connectivity index (χ1v) is 5.93. The molecule has 0 aliphatic heterocycles. The van der Waals surface area contributed by atoms with Crippen molar-refractivity contribution in [1.29, 1.82) is 0 Å². The molecule has 0 fully saturated rings. The van der Waals surface area contributed by atoms with E-state index in [0.29, 0.717) is 0 Å². The molecular formula is C14H20N2O2. The van der Waals surface area contributed by atoms with Crippen molar-refractivity contribution in [3.8, 4) is 0 Å². The van der Waals surface area contributed by atoms with Crippen molar-refractivity contribution in [1.82, 2.24) is 10.2 Å². The first-order valence-electron chi connectivity index (χ1n) is 5.93. The summed E-state index contributed by atoms with van der Waals surface area (Å²) in [5, 5.41) is 2.54. The van der Waals surface area contributed by atoms with E-state index in [9.17, 15) is 9.59 Å². The highest BCUT2D eigenvalue weighted by Crippen LogP contribution is 2.11. The summed E-state index contributed by atoms with van der Waals surface area (Å²) in [6, 6.07) is 5.77. The molecule has 0 heterocycles. The lowest BCUT2D eigenvalue weighted by molar-refractivity contribution is -0.121. The van der Waals surface area contributed by atoms with Crippen molar-refractivity contribution in [2.75, 3.05) is 27.2 Å². The Balaban J connectivity index is 2.67. The molecule has 0 saturated carbocycles. The topological polar surface area (TPSA) is 49.4 Å². The van der Waals surface area contributed by atoms with Gasteiger partial charge in [0.25, 0.3) is 0 Å². The van der Waals surface area contributed by atoms with Gasteiger partial charge in [0.2, 0.25) is 5.91 Å². The van der Waals surface area contributed by atoms with Crippen LogP contribution in [0.5, 0.6) is 0 Å². The molecule has 0 saturated heterocycles. The molecule has 4 nitrogen and oxygen atoms in total. The summed E-state index contributed by atoms with van der Waals surface area (Å²) in [5.74, 6) is -0.0511. The van der Waals surface area contributed by atoms with Gasteiger partial charge in [-0.25, -0.2) is 0 Å². The monoisotopic (exact) mass is 248 g/mol. The summed E-state index contributed by atoms with van der Waals surface area (Å²) in [7, 11) is 3.35. The Morgan fingerprint density at radius 2 is 1.89 bits per heavy atom. The van der Waals surface area contributed by atoms with E-state index in [-0.39, 0.29) is 24.8 Å². The van der Waals surface area contributed by atoms with Crippen molar-refractivity contribution in [2.24, 2.45) is 0 Å². The standard InChI is InChI=1S/C14H20N2O2/c1-10-5-6-12(11(2)7-10)13(17)8-16(4)9-14(18)15-3/h5-7H,8-9H2,1-4H3,(H,15,18). The molecule has 0 bridgehead atoms. The van der Waals surface area contributed by atoms with Crippen molar-refractivity contribution in [3.05, 3.63) is 34.9 Å². The molecule has 0 aromatic heterocycles. The summed E-state index contributed by atoms with van der Waals surface area (Å²) < 4.78 is 0. The van der Waals surface area contributed by atoms with Gasteiger partial charge >= 0.3 is 0 Å². The van der Waals surface area contributed by atoms with E-state index in [2.05, 4.69) is 5.32 Å². The average Bonchev–Trinajstić information content (AvgIpc) is 2.28. The molecule has 1 aromatic carbocycles. The molecule has 0 aliphatic carbocycles. The Morgan fingerprint density at radius 3 is 2.44 bits per heavy atom. The van der Waals surface area contributed by atoms with Gasteiger partial charge in [0.1, 0.15) is 0 Å². The number of benzene rings is 1. The van der Waals surface area contributed by atoms with E-state index in [1.165, 1.54) is 0 Å². The second-order valence-electron chi connectivity index (χ2n) is 4.59. The molecule has 0 aliphatic rings. The van der Waals surface area contributed by atoms with Crippen LogP contribution < -0.4 is 5.32 Å². The number of hydrogen-bond acceptors (Lipinski definition) is 3. The quantitative estimate of drug-likeness (QED) is 0.796. The van der Waals surface area contributed by atoms with Gasteiger partial charge in [0.05, 0.1) is 13.1 Å². The van der Waals surface area contributed by atoms with Crippen molar-refractivity contribution in [3.63, 3.8) is 0 Å². The summed E-state index contributed by atoms with van der Waals surface area (Å²) in [5.41, 5.74) is 2.85. The number of aryl methyl sites for hydroxylation is 2. The van der Waals surface area contributed by atoms with Crippen LogP contribution in [-0.4, -0.2) is 43.8 Å². The Bertz CT molecular complexity index is 455. The smallest absolute Gasteiger partial charge is 0.233 e. The molecule has 1 aromatic rings. The minimum atomic E-state index is -0.0917. The van der Waals surface area contributed by atoms with Gasteiger partial charge in [0, 0.05) is 12.6 Å². The molecule has 0 atom stereocenters. The van der Waals surface area contributed by atoms with E-state index in [0.717, 1.165) is 16.7 Å². The van der Waals surface area contributed by atoms with Crippen LogP contribution in [0.2, 0.25) is 0 Å². The number of nitrogens with zero attached hydrogens (tertiary/aromatic N) is 1. The highest BCUT2D eigenvalue weighted by molar-refractivity contribution is 5.99. The van der Waals surface area contributed by atoms with Crippen LogP contribution in [0.15, 0.2) is 18.2 Å². The zero-order chi connectivity index (χ0) is 13.7. The van der Waals surface area contributed by atoms with Crippen LogP contribution in [0.25, 0.3) is 0 Å². The molecule has 0 spiro atoms. The fraction of sp³-hybridized carbons (Fsp3) is 0.429. The lowest BCUT2D eigenvalue weighted by atomic mass is 10.0. The number of Topliss-reactive ketones (excluding diaryl/α,β-unsaturated/α-hetero) is 1. The summed E-state index contributed by atoms with van der Waals surface area (Å²) >= 11 is 0. The van der Waals surface area contributed by atoms with Crippen LogP contribution in [-0.2, 0) is 4.79 Å². The first kappa shape index (κ1) is 14.4. The largest absolute Gasteiger partial charge is 0.358 e. The Morgan fingerprint density at radius 1 is 1.22 bits per heavy atom. The molecule has 1 rings (SSSR count). The van der Waals surface area contributed by atoms with E-state index >= 15 is 0 Å². The number of carbonyl (C=O) groups is 2. The van der Waals surface area contributed by atoms with Gasteiger partial charge in [-0.15, -0.1) is 0 Å². The van der Waals surface area contributed by atoms with Crippen molar-refractivity contribution >= 4 is 11.7 Å². The number of hydrogen-bond donors (Lipinski definition) is 1. The second kappa shape index (κ2) is 6.31. The van der Waals surface area contributed by atoms with Crippen LogP contribution in [0.1, 0.15) is 21.5 Å². The average molecular weight is 248 g/mol. The van der Waals surface area contributed by atoms with Gasteiger partial charge in [-0.2, -0.15) is 0 Å². The number of rotatable bonds is 5. The maximum atomic E-state index is 12.1. The highest BCUT2D eigenvalue weighted by Gasteiger charge is 2.13. The van der Waals surface area contributed by atoms with Crippen LogP contribution in [0.4, 0.5) is 0 Å². The number of ketones is 1. The van der Waals surface area contributed by atoms with Gasteiger partial charge in [-0.05, 0) is 26.5 Å². The fourth-order valence-electron chi connectivity index (χ4n) is 1.84. The highest BCUT2D eigenvalue weighted by atomic mass is 16.2. The third-order valence-electron chi connectivity index (χ3n) is 2.79. The first-order chi connectivity index (χ1) is 8.43. The molecule has 0 radical (unpaired) electrons. The number of carbonyl (C=O) groups excluding carboxylic acids is 2. The van der Waals surface area contributed by atoms with Crippen molar-refractivity contribution < 1.29 is 9.59 Å². The third-order valence-corrected chi connectivity index (χ3v) is 2.79. The maximum Gasteiger partial charge on any atom is 0.233 e. The van der Waals surface area contributed by atoms with E-state index in [4.69, 9.17) is 0 Å². The minimum absolute atomic E-state index is 0.0407. The Hall–Kier alpha value is -1.68. The van der Waals surface area contributed by atoms with Gasteiger partial charge < -0.3 is 5.32 Å². The lowest BCUT2D eigenvalue weighted by Crippen LogP contribution is -2.36. The molecule has 98 valence electrons. The molecule has 1 N–H and O–H groups in total. The van der Waals surface area contributed by atoms with Crippen LogP contribution in [0.3, 0.4) is 0 Å². The number of likely N-dealkylation sites (N-methyl/N-ethyl adjacent to an activating group) is 2. The van der Waals surface area contributed by atoms with E-state index in [1.54, 1.807) is 19.0 Å². The normalized spacial score (nSPS) is 10.5. The molecule has 18 heavy (non-hydrogen) atoms. The lowest BCUT2D eigenvalue weighted by Gasteiger charge is -2.15. The molecule has 1 amide bonds. The molecular weight excluding hydrogens is 228 g/mol. The zero-order valence-electron chi connectivity index (χ0n) is 11.4. The van der Waals surface area contributed by atoms with Gasteiger partial charge in [0.15, 0.2) is 5.78 Å². The number of nitrogens with one attached hydrogen (secondary N) is 1. The SMILES string of the molecule is CNC(=O)CN(C)CC(=O)c1ccc(C)cc1C. The van der Waals surface area contributed by atoms with Gasteiger partial charge in [-0.3, -0.25) is 14.5 Å². The Kier molecular flexibility index (Phi) is 5.04.